The van der Waals surface area contributed by atoms with Gasteiger partial charge in [-0.2, -0.15) is 0 Å². The number of fused-ring (bicyclic) bond motifs is 1. The summed E-state index contributed by atoms with van der Waals surface area (Å²) in [6.07, 6.45) is 4.90. The summed E-state index contributed by atoms with van der Waals surface area (Å²) in [4.78, 5) is 8.15. The van der Waals surface area contributed by atoms with Crippen LogP contribution in [-0.4, -0.2) is 22.6 Å². The van der Waals surface area contributed by atoms with Crippen LogP contribution in [0.15, 0.2) is 16.6 Å². The molecule has 3 nitrogen and oxygen atoms in total. The van der Waals surface area contributed by atoms with E-state index < -0.39 is 0 Å². The van der Waals surface area contributed by atoms with E-state index in [2.05, 4.69) is 45.3 Å². The summed E-state index contributed by atoms with van der Waals surface area (Å²) < 4.78 is 1.08. The summed E-state index contributed by atoms with van der Waals surface area (Å²) in [5, 5.41) is 3.57. The largest absolute Gasteiger partial charge is 0.342 e. The minimum atomic E-state index is 0.583. The zero-order chi connectivity index (χ0) is 12.5. The number of imidazole rings is 1. The third kappa shape index (κ3) is 2.45. The highest BCUT2D eigenvalue weighted by atomic mass is 79.9. The van der Waals surface area contributed by atoms with Crippen LogP contribution in [0.1, 0.15) is 30.7 Å². The number of aryl methyl sites for hydroxylation is 1. The van der Waals surface area contributed by atoms with Crippen LogP contribution in [0.4, 0.5) is 0 Å². The molecule has 0 saturated carbocycles. The molecule has 0 aliphatic carbocycles. The SMILES string of the molecule is Cc1cc(Br)c2nc(CC3CCCCN3)[nH]c2c1. The highest BCUT2D eigenvalue weighted by Crippen LogP contribution is 2.24. The molecule has 0 amide bonds. The Balaban J connectivity index is 1.86. The Labute approximate surface area is 116 Å². The summed E-state index contributed by atoms with van der Waals surface area (Å²) in [5.41, 5.74) is 3.43. The van der Waals surface area contributed by atoms with Crippen molar-refractivity contribution in [3.05, 3.63) is 28.0 Å². The predicted molar refractivity (Wildman–Crippen MR) is 77.9 cm³/mol. The van der Waals surface area contributed by atoms with E-state index in [9.17, 15) is 0 Å². The molecule has 96 valence electrons. The Morgan fingerprint density at radius 1 is 1.39 bits per heavy atom. The number of hydrogen-bond acceptors (Lipinski definition) is 2. The molecular weight excluding hydrogens is 290 g/mol. The zero-order valence-electron chi connectivity index (χ0n) is 10.6. The molecule has 1 atom stereocenters. The third-order valence-electron chi connectivity index (χ3n) is 3.59. The smallest absolute Gasteiger partial charge is 0.108 e. The number of aromatic amines is 1. The van der Waals surface area contributed by atoms with Crippen molar-refractivity contribution in [3.63, 3.8) is 0 Å². The number of nitrogens with one attached hydrogen (secondary N) is 2. The summed E-state index contributed by atoms with van der Waals surface area (Å²) in [6, 6.07) is 4.86. The standard InChI is InChI=1S/C14H18BrN3/c1-9-6-11(15)14-12(7-9)17-13(18-14)8-10-4-2-3-5-16-10/h6-7,10,16H,2-5,8H2,1H3,(H,17,18). The van der Waals surface area contributed by atoms with Crippen LogP contribution in [0.5, 0.6) is 0 Å². The average Bonchev–Trinajstić information content (AvgIpc) is 2.73. The fourth-order valence-corrected chi connectivity index (χ4v) is 3.35. The lowest BCUT2D eigenvalue weighted by atomic mass is 10.0. The fraction of sp³-hybridized carbons (Fsp3) is 0.500. The number of H-pyrrole nitrogens is 1. The molecule has 3 rings (SSSR count). The first-order valence-electron chi connectivity index (χ1n) is 6.60. The Bertz CT molecular complexity index is 555. The van der Waals surface area contributed by atoms with E-state index in [0.717, 1.165) is 34.3 Å². The highest BCUT2D eigenvalue weighted by molar-refractivity contribution is 9.10. The van der Waals surface area contributed by atoms with Crippen molar-refractivity contribution in [2.24, 2.45) is 0 Å². The molecule has 0 spiro atoms. The van der Waals surface area contributed by atoms with Crippen LogP contribution in [-0.2, 0) is 6.42 Å². The van der Waals surface area contributed by atoms with E-state index in [-0.39, 0.29) is 0 Å². The van der Waals surface area contributed by atoms with Gasteiger partial charge in [-0.15, -0.1) is 0 Å². The van der Waals surface area contributed by atoms with Gasteiger partial charge in [0.1, 0.15) is 11.3 Å². The molecule has 1 aromatic carbocycles. The lowest BCUT2D eigenvalue weighted by Gasteiger charge is -2.22. The molecule has 1 fully saturated rings. The van der Waals surface area contributed by atoms with Crippen LogP contribution in [0, 0.1) is 6.92 Å². The minimum Gasteiger partial charge on any atom is -0.342 e. The van der Waals surface area contributed by atoms with Crippen molar-refractivity contribution >= 4 is 27.0 Å². The molecule has 1 aliphatic heterocycles. The molecule has 2 aromatic rings. The number of rotatable bonds is 2. The number of halogens is 1. The van der Waals surface area contributed by atoms with Crippen LogP contribution in [0.2, 0.25) is 0 Å². The molecule has 1 aliphatic rings. The van der Waals surface area contributed by atoms with Crippen molar-refractivity contribution in [1.29, 1.82) is 0 Å². The Hall–Kier alpha value is -0.870. The second-order valence-electron chi connectivity index (χ2n) is 5.18. The molecule has 1 saturated heterocycles. The maximum atomic E-state index is 4.71. The van der Waals surface area contributed by atoms with Gasteiger partial charge >= 0.3 is 0 Å². The maximum absolute atomic E-state index is 4.71. The summed E-state index contributed by atoms with van der Waals surface area (Å²) >= 11 is 3.59. The van der Waals surface area contributed by atoms with E-state index in [4.69, 9.17) is 4.98 Å². The summed E-state index contributed by atoms with van der Waals surface area (Å²) in [5.74, 6) is 1.09. The lowest BCUT2D eigenvalue weighted by Crippen LogP contribution is -2.35. The molecule has 2 N–H and O–H groups in total. The number of hydrogen-bond donors (Lipinski definition) is 2. The summed E-state index contributed by atoms with van der Waals surface area (Å²) in [7, 11) is 0. The maximum Gasteiger partial charge on any atom is 0.108 e. The van der Waals surface area contributed by atoms with Crippen molar-refractivity contribution in [1.82, 2.24) is 15.3 Å². The number of piperidine rings is 1. The van der Waals surface area contributed by atoms with Crippen molar-refractivity contribution in [3.8, 4) is 0 Å². The van der Waals surface area contributed by atoms with Gasteiger partial charge in [0.2, 0.25) is 0 Å². The first-order chi connectivity index (χ1) is 8.72. The van der Waals surface area contributed by atoms with Gasteiger partial charge < -0.3 is 10.3 Å². The van der Waals surface area contributed by atoms with E-state index >= 15 is 0 Å². The fourth-order valence-electron chi connectivity index (χ4n) is 2.69. The van der Waals surface area contributed by atoms with E-state index in [1.54, 1.807) is 0 Å². The Morgan fingerprint density at radius 3 is 3.06 bits per heavy atom. The van der Waals surface area contributed by atoms with E-state index in [0.29, 0.717) is 6.04 Å². The van der Waals surface area contributed by atoms with Gasteiger partial charge in [0.15, 0.2) is 0 Å². The van der Waals surface area contributed by atoms with Crippen LogP contribution in [0.3, 0.4) is 0 Å². The average molecular weight is 308 g/mol. The highest BCUT2D eigenvalue weighted by Gasteiger charge is 2.15. The minimum absolute atomic E-state index is 0.583. The molecule has 4 heteroatoms. The first-order valence-corrected chi connectivity index (χ1v) is 7.40. The van der Waals surface area contributed by atoms with E-state index in [1.807, 2.05) is 0 Å². The molecule has 18 heavy (non-hydrogen) atoms. The van der Waals surface area contributed by atoms with E-state index in [1.165, 1.54) is 24.8 Å². The Kier molecular flexibility index (Phi) is 3.39. The molecule has 0 bridgehead atoms. The molecule has 2 heterocycles. The van der Waals surface area contributed by atoms with Gasteiger partial charge in [0, 0.05) is 16.9 Å². The van der Waals surface area contributed by atoms with Gasteiger partial charge in [-0.3, -0.25) is 0 Å². The first kappa shape index (κ1) is 12.2. The molecule has 0 radical (unpaired) electrons. The number of aromatic nitrogens is 2. The molecule has 1 unspecified atom stereocenters. The van der Waals surface area contributed by atoms with Crippen LogP contribution >= 0.6 is 15.9 Å². The van der Waals surface area contributed by atoms with Gasteiger partial charge in [-0.05, 0) is 59.9 Å². The number of benzene rings is 1. The second kappa shape index (κ2) is 5.02. The van der Waals surface area contributed by atoms with Gasteiger partial charge in [-0.25, -0.2) is 4.98 Å². The zero-order valence-corrected chi connectivity index (χ0v) is 12.2. The predicted octanol–water partition coefficient (Wildman–Crippen LogP) is 3.32. The number of nitrogens with zero attached hydrogens (tertiary/aromatic N) is 1. The lowest BCUT2D eigenvalue weighted by molar-refractivity contribution is 0.395. The van der Waals surface area contributed by atoms with Gasteiger partial charge in [0.25, 0.3) is 0 Å². The van der Waals surface area contributed by atoms with Crippen LogP contribution < -0.4 is 5.32 Å². The topological polar surface area (TPSA) is 40.7 Å². The second-order valence-corrected chi connectivity index (χ2v) is 6.03. The quantitative estimate of drug-likeness (QED) is 0.893. The third-order valence-corrected chi connectivity index (χ3v) is 4.19. The normalized spacial score (nSPS) is 20.4. The van der Waals surface area contributed by atoms with Crippen LogP contribution in [0.25, 0.3) is 11.0 Å². The van der Waals surface area contributed by atoms with Crippen molar-refractivity contribution in [2.75, 3.05) is 6.54 Å². The van der Waals surface area contributed by atoms with Gasteiger partial charge in [-0.1, -0.05) is 6.42 Å². The molecular formula is C14H18BrN3. The van der Waals surface area contributed by atoms with Crippen molar-refractivity contribution in [2.45, 2.75) is 38.6 Å². The Morgan fingerprint density at radius 2 is 2.28 bits per heavy atom. The van der Waals surface area contributed by atoms with Gasteiger partial charge in [0.05, 0.1) is 5.52 Å². The molecule has 1 aromatic heterocycles. The monoisotopic (exact) mass is 307 g/mol. The van der Waals surface area contributed by atoms with Crippen molar-refractivity contribution < 1.29 is 0 Å². The summed E-state index contributed by atoms with van der Waals surface area (Å²) in [6.45, 7) is 3.25.